The Hall–Kier alpha value is -1.26. The molecule has 4 heteroatoms. The zero-order chi connectivity index (χ0) is 14.2. The highest BCUT2D eigenvalue weighted by Gasteiger charge is 2.40. The summed E-state index contributed by atoms with van der Waals surface area (Å²) >= 11 is 3.57. The zero-order valence-corrected chi connectivity index (χ0v) is 12.4. The lowest BCUT2D eigenvalue weighted by atomic mass is 9.71. The summed E-state index contributed by atoms with van der Waals surface area (Å²) in [6.07, 6.45) is 0.622. The number of benzene rings is 2. The van der Waals surface area contributed by atoms with Crippen LogP contribution in [0.5, 0.6) is 0 Å². The van der Waals surface area contributed by atoms with Crippen LogP contribution in [-0.2, 0) is 11.8 Å². The smallest absolute Gasteiger partial charge is 0.126 e. The minimum Gasteiger partial charge on any atom is -0.315 e. The standard InChI is InChI=1S/C16H14BrF2N/c17-15-4-2-1-3-14(15)16(9-20-10-16)8-11-5-12(18)7-13(19)6-11/h1-7,20H,8-10H2. The number of hydrogen-bond donors (Lipinski definition) is 1. The molecule has 0 unspecified atom stereocenters. The number of halogens is 3. The second kappa shape index (κ2) is 5.26. The van der Waals surface area contributed by atoms with Crippen LogP contribution in [0.15, 0.2) is 46.9 Å². The summed E-state index contributed by atoms with van der Waals surface area (Å²) in [5.74, 6) is -1.04. The van der Waals surface area contributed by atoms with Gasteiger partial charge in [-0.2, -0.15) is 0 Å². The van der Waals surface area contributed by atoms with Crippen molar-refractivity contribution in [1.82, 2.24) is 5.32 Å². The summed E-state index contributed by atoms with van der Waals surface area (Å²) in [5.41, 5.74) is 1.78. The second-order valence-electron chi connectivity index (χ2n) is 5.32. The maximum Gasteiger partial charge on any atom is 0.126 e. The fraction of sp³-hybridized carbons (Fsp3) is 0.250. The quantitative estimate of drug-likeness (QED) is 0.897. The van der Waals surface area contributed by atoms with Gasteiger partial charge in [0.15, 0.2) is 0 Å². The highest BCUT2D eigenvalue weighted by Crippen LogP contribution is 2.37. The largest absolute Gasteiger partial charge is 0.315 e. The maximum atomic E-state index is 13.3. The molecule has 1 aliphatic rings. The Morgan fingerprint density at radius 3 is 2.25 bits per heavy atom. The van der Waals surface area contributed by atoms with Gasteiger partial charge < -0.3 is 5.32 Å². The van der Waals surface area contributed by atoms with Crippen molar-refractivity contribution in [3.8, 4) is 0 Å². The van der Waals surface area contributed by atoms with Gasteiger partial charge in [-0.15, -0.1) is 0 Å². The summed E-state index contributed by atoms with van der Waals surface area (Å²) in [4.78, 5) is 0. The first-order chi connectivity index (χ1) is 9.59. The van der Waals surface area contributed by atoms with Gasteiger partial charge in [0.2, 0.25) is 0 Å². The molecule has 3 rings (SSSR count). The molecule has 1 aliphatic heterocycles. The van der Waals surface area contributed by atoms with Gasteiger partial charge in [0.05, 0.1) is 0 Å². The third kappa shape index (κ3) is 2.50. The topological polar surface area (TPSA) is 12.0 Å². The van der Waals surface area contributed by atoms with Crippen LogP contribution in [0.25, 0.3) is 0 Å². The predicted molar refractivity (Wildman–Crippen MR) is 78.8 cm³/mol. The molecule has 1 fully saturated rings. The number of nitrogens with one attached hydrogen (secondary N) is 1. The van der Waals surface area contributed by atoms with E-state index in [-0.39, 0.29) is 5.41 Å². The minimum atomic E-state index is -0.519. The Kier molecular flexibility index (Phi) is 3.61. The van der Waals surface area contributed by atoms with E-state index in [1.165, 1.54) is 17.7 Å². The molecule has 0 bridgehead atoms. The van der Waals surface area contributed by atoms with Crippen molar-refractivity contribution >= 4 is 15.9 Å². The lowest BCUT2D eigenvalue weighted by molar-refractivity contribution is 0.273. The van der Waals surface area contributed by atoms with Crippen molar-refractivity contribution in [2.45, 2.75) is 11.8 Å². The predicted octanol–water partition coefficient (Wildman–Crippen LogP) is 3.81. The van der Waals surface area contributed by atoms with Crippen LogP contribution in [0.3, 0.4) is 0 Å². The molecule has 0 saturated carbocycles. The third-order valence-corrected chi connectivity index (χ3v) is 4.53. The Morgan fingerprint density at radius 2 is 1.70 bits per heavy atom. The van der Waals surface area contributed by atoms with Crippen molar-refractivity contribution < 1.29 is 8.78 Å². The molecule has 1 saturated heterocycles. The van der Waals surface area contributed by atoms with Crippen molar-refractivity contribution in [2.24, 2.45) is 0 Å². The molecule has 1 nitrogen and oxygen atoms in total. The van der Waals surface area contributed by atoms with Gasteiger partial charge in [-0.3, -0.25) is 0 Å². The van der Waals surface area contributed by atoms with Crippen LogP contribution < -0.4 is 5.32 Å². The van der Waals surface area contributed by atoms with Crippen LogP contribution >= 0.6 is 15.9 Å². The van der Waals surface area contributed by atoms with Crippen LogP contribution in [0.4, 0.5) is 8.78 Å². The average Bonchev–Trinajstić information content (AvgIpc) is 2.34. The Bertz CT molecular complexity index is 618. The summed E-state index contributed by atoms with van der Waals surface area (Å²) in [5, 5.41) is 3.27. The number of hydrogen-bond acceptors (Lipinski definition) is 1. The lowest BCUT2D eigenvalue weighted by Gasteiger charge is -2.44. The van der Waals surface area contributed by atoms with E-state index in [1.54, 1.807) is 0 Å². The highest BCUT2D eigenvalue weighted by atomic mass is 79.9. The van der Waals surface area contributed by atoms with E-state index in [0.29, 0.717) is 12.0 Å². The molecule has 0 aromatic heterocycles. The molecule has 104 valence electrons. The lowest BCUT2D eigenvalue weighted by Crippen LogP contribution is -2.58. The van der Waals surface area contributed by atoms with E-state index < -0.39 is 11.6 Å². The van der Waals surface area contributed by atoms with Gasteiger partial charge in [-0.25, -0.2) is 8.78 Å². The third-order valence-electron chi connectivity index (χ3n) is 3.84. The van der Waals surface area contributed by atoms with E-state index in [9.17, 15) is 8.78 Å². The Labute approximate surface area is 125 Å². The summed E-state index contributed by atoms with van der Waals surface area (Å²) < 4.78 is 27.7. The number of rotatable bonds is 3. The first kappa shape index (κ1) is 13.7. The van der Waals surface area contributed by atoms with Gasteiger partial charge in [-0.05, 0) is 35.7 Å². The van der Waals surface area contributed by atoms with Crippen molar-refractivity contribution in [3.05, 3.63) is 69.7 Å². The van der Waals surface area contributed by atoms with Crippen LogP contribution in [-0.4, -0.2) is 13.1 Å². The van der Waals surface area contributed by atoms with Crippen LogP contribution in [0, 0.1) is 11.6 Å². The molecular weight excluding hydrogens is 324 g/mol. The molecular formula is C16H14BrF2N. The molecule has 20 heavy (non-hydrogen) atoms. The molecule has 1 heterocycles. The SMILES string of the molecule is Fc1cc(F)cc(CC2(c3ccccc3Br)CNC2)c1. The average molecular weight is 338 g/mol. The normalized spacial score (nSPS) is 16.8. The molecule has 0 amide bonds. The minimum absolute atomic E-state index is 0.0969. The van der Waals surface area contributed by atoms with Crippen molar-refractivity contribution in [3.63, 3.8) is 0 Å². The van der Waals surface area contributed by atoms with Crippen LogP contribution in [0.1, 0.15) is 11.1 Å². The highest BCUT2D eigenvalue weighted by molar-refractivity contribution is 9.10. The van der Waals surface area contributed by atoms with E-state index in [0.717, 1.165) is 23.6 Å². The molecule has 2 aromatic rings. The first-order valence-corrected chi connectivity index (χ1v) is 7.29. The summed E-state index contributed by atoms with van der Waals surface area (Å²) in [7, 11) is 0. The van der Waals surface area contributed by atoms with E-state index in [2.05, 4.69) is 27.3 Å². The molecule has 0 spiro atoms. The maximum absolute atomic E-state index is 13.3. The molecule has 2 aromatic carbocycles. The van der Waals surface area contributed by atoms with Gasteiger partial charge in [0, 0.05) is 29.0 Å². The van der Waals surface area contributed by atoms with Crippen molar-refractivity contribution in [1.29, 1.82) is 0 Å². The summed E-state index contributed by atoms with van der Waals surface area (Å²) in [6, 6.07) is 11.8. The second-order valence-corrected chi connectivity index (χ2v) is 6.17. The zero-order valence-electron chi connectivity index (χ0n) is 10.8. The fourth-order valence-electron chi connectivity index (χ4n) is 2.83. The Morgan fingerprint density at radius 1 is 1.05 bits per heavy atom. The van der Waals surface area contributed by atoms with Crippen LogP contribution in [0.2, 0.25) is 0 Å². The van der Waals surface area contributed by atoms with Gasteiger partial charge >= 0.3 is 0 Å². The van der Waals surface area contributed by atoms with Gasteiger partial charge in [0.25, 0.3) is 0 Å². The monoisotopic (exact) mass is 337 g/mol. The van der Waals surface area contributed by atoms with E-state index in [1.807, 2.05) is 18.2 Å². The molecule has 0 radical (unpaired) electrons. The fourth-order valence-corrected chi connectivity index (χ4v) is 3.54. The molecule has 0 atom stereocenters. The van der Waals surface area contributed by atoms with Crippen molar-refractivity contribution in [2.75, 3.05) is 13.1 Å². The first-order valence-electron chi connectivity index (χ1n) is 6.50. The molecule has 0 aliphatic carbocycles. The molecule has 1 N–H and O–H groups in total. The summed E-state index contributed by atoms with van der Waals surface area (Å²) in [6.45, 7) is 1.63. The Balaban J connectivity index is 1.96. The van der Waals surface area contributed by atoms with E-state index in [4.69, 9.17) is 0 Å². The van der Waals surface area contributed by atoms with Gasteiger partial charge in [-0.1, -0.05) is 34.1 Å². The van der Waals surface area contributed by atoms with E-state index >= 15 is 0 Å². The van der Waals surface area contributed by atoms with Gasteiger partial charge in [0.1, 0.15) is 11.6 Å².